The van der Waals surface area contributed by atoms with Crippen molar-refractivity contribution in [3.05, 3.63) is 48.7 Å². The molecule has 0 radical (unpaired) electrons. The Morgan fingerprint density at radius 1 is 0.966 bits per heavy atom. The number of carbonyl (C=O) groups is 1. The van der Waals surface area contributed by atoms with Crippen molar-refractivity contribution >= 4 is 17.5 Å². The van der Waals surface area contributed by atoms with Crippen LogP contribution < -0.4 is 15.4 Å². The average molecular weight is 403 g/mol. The molecule has 0 unspecified atom stereocenters. The third-order valence-electron chi connectivity index (χ3n) is 4.80. The van der Waals surface area contributed by atoms with Crippen molar-refractivity contribution in [2.45, 2.75) is 32.0 Å². The molecule has 4 rings (SSSR count). The van der Waals surface area contributed by atoms with Crippen molar-refractivity contribution in [2.75, 3.05) is 10.6 Å². The summed E-state index contributed by atoms with van der Waals surface area (Å²) >= 11 is 0. The van der Waals surface area contributed by atoms with E-state index in [2.05, 4.69) is 26.9 Å². The SMILES string of the molecule is C=C(Nc1cc(-c2ccc(OC(F)(F)F)cc2)cc(NC(=O)C2CC2)n1)C1CC1. The second-order valence-electron chi connectivity index (χ2n) is 7.39. The Labute approximate surface area is 166 Å². The number of amides is 1. The van der Waals surface area contributed by atoms with Crippen LogP contribution >= 0.6 is 0 Å². The fraction of sp³-hybridized carbons (Fsp3) is 0.333. The number of nitrogens with one attached hydrogen (secondary N) is 2. The van der Waals surface area contributed by atoms with E-state index in [9.17, 15) is 18.0 Å². The molecule has 0 bridgehead atoms. The molecule has 152 valence electrons. The van der Waals surface area contributed by atoms with Gasteiger partial charge >= 0.3 is 6.36 Å². The van der Waals surface area contributed by atoms with Gasteiger partial charge in [-0.1, -0.05) is 18.7 Å². The number of carbonyl (C=O) groups excluding carboxylic acids is 1. The number of anilines is 2. The molecule has 8 heteroatoms. The molecule has 2 saturated carbocycles. The van der Waals surface area contributed by atoms with E-state index in [0.29, 0.717) is 28.7 Å². The van der Waals surface area contributed by atoms with Gasteiger partial charge < -0.3 is 15.4 Å². The zero-order chi connectivity index (χ0) is 20.6. The molecule has 0 saturated heterocycles. The van der Waals surface area contributed by atoms with Crippen LogP contribution in [0.2, 0.25) is 0 Å². The maximum atomic E-state index is 12.4. The molecule has 1 aromatic heterocycles. The van der Waals surface area contributed by atoms with Crippen LogP contribution in [0.25, 0.3) is 11.1 Å². The summed E-state index contributed by atoms with van der Waals surface area (Å²) in [5.74, 6) is 0.997. The Morgan fingerprint density at radius 2 is 1.55 bits per heavy atom. The molecule has 1 aromatic carbocycles. The summed E-state index contributed by atoms with van der Waals surface area (Å²) < 4.78 is 41.0. The molecular formula is C21H20F3N3O2. The first kappa shape index (κ1) is 19.3. The lowest BCUT2D eigenvalue weighted by Crippen LogP contribution is -2.17. The molecule has 0 aliphatic heterocycles. The molecule has 29 heavy (non-hydrogen) atoms. The summed E-state index contributed by atoms with van der Waals surface area (Å²) in [5.41, 5.74) is 2.24. The van der Waals surface area contributed by atoms with Gasteiger partial charge in [-0.05, 0) is 67.0 Å². The van der Waals surface area contributed by atoms with E-state index >= 15 is 0 Å². The van der Waals surface area contributed by atoms with Gasteiger partial charge in [-0.3, -0.25) is 4.79 Å². The van der Waals surface area contributed by atoms with Crippen LogP contribution in [-0.2, 0) is 4.79 Å². The first-order valence-electron chi connectivity index (χ1n) is 9.42. The van der Waals surface area contributed by atoms with Gasteiger partial charge in [0.05, 0.1) is 0 Å². The number of hydrogen-bond acceptors (Lipinski definition) is 4. The minimum Gasteiger partial charge on any atom is -0.406 e. The maximum absolute atomic E-state index is 12.4. The number of benzene rings is 1. The molecular weight excluding hydrogens is 383 g/mol. The van der Waals surface area contributed by atoms with Crippen LogP contribution in [0.15, 0.2) is 48.7 Å². The predicted molar refractivity (Wildman–Crippen MR) is 103 cm³/mol. The van der Waals surface area contributed by atoms with E-state index < -0.39 is 6.36 Å². The fourth-order valence-electron chi connectivity index (χ4n) is 2.95. The first-order valence-corrected chi connectivity index (χ1v) is 9.42. The highest BCUT2D eigenvalue weighted by atomic mass is 19.4. The van der Waals surface area contributed by atoms with E-state index in [1.54, 1.807) is 12.1 Å². The largest absolute Gasteiger partial charge is 0.573 e. The molecule has 2 aliphatic rings. The minimum absolute atomic E-state index is 0.0251. The van der Waals surface area contributed by atoms with Gasteiger partial charge in [0, 0.05) is 11.6 Å². The summed E-state index contributed by atoms with van der Waals surface area (Å²) in [6.07, 6.45) is -0.834. The average Bonchev–Trinajstić information content (AvgIpc) is 3.54. The van der Waals surface area contributed by atoms with E-state index in [1.165, 1.54) is 24.3 Å². The summed E-state index contributed by atoms with van der Waals surface area (Å²) in [6.45, 7) is 4.03. The van der Waals surface area contributed by atoms with Crippen LogP contribution in [0.5, 0.6) is 5.75 Å². The Bertz CT molecular complexity index is 889. The van der Waals surface area contributed by atoms with Gasteiger partial charge in [-0.2, -0.15) is 0 Å². The lowest BCUT2D eigenvalue weighted by Gasteiger charge is -2.13. The maximum Gasteiger partial charge on any atom is 0.573 e. The molecule has 0 spiro atoms. The number of pyridine rings is 1. The highest BCUT2D eigenvalue weighted by molar-refractivity contribution is 5.94. The predicted octanol–water partition coefficient (Wildman–Crippen LogP) is 5.33. The Kier molecular flexibility index (Phi) is 4.94. The first-order chi connectivity index (χ1) is 13.8. The molecule has 1 heterocycles. The van der Waals surface area contributed by atoms with Gasteiger partial charge in [0.2, 0.25) is 5.91 Å². The normalized spacial score (nSPS) is 16.2. The van der Waals surface area contributed by atoms with Gasteiger partial charge in [0.15, 0.2) is 0 Å². The Morgan fingerprint density at radius 3 is 2.10 bits per heavy atom. The van der Waals surface area contributed by atoms with Crippen LogP contribution in [-0.4, -0.2) is 17.3 Å². The van der Waals surface area contributed by atoms with Gasteiger partial charge in [-0.15, -0.1) is 13.2 Å². The van der Waals surface area contributed by atoms with Crippen LogP contribution in [0.1, 0.15) is 25.7 Å². The number of ether oxygens (including phenoxy) is 1. The third-order valence-corrected chi connectivity index (χ3v) is 4.80. The number of rotatable bonds is 7. The van der Waals surface area contributed by atoms with Crippen LogP contribution in [0.3, 0.4) is 0 Å². The van der Waals surface area contributed by atoms with Crippen molar-refractivity contribution in [1.82, 2.24) is 4.98 Å². The lowest BCUT2D eigenvalue weighted by atomic mass is 10.1. The molecule has 2 aliphatic carbocycles. The van der Waals surface area contributed by atoms with Gasteiger partial charge in [0.1, 0.15) is 17.4 Å². The molecule has 2 aromatic rings. The minimum atomic E-state index is -4.74. The topological polar surface area (TPSA) is 63.2 Å². The van der Waals surface area contributed by atoms with E-state index in [4.69, 9.17) is 0 Å². The summed E-state index contributed by atoms with van der Waals surface area (Å²) in [4.78, 5) is 16.6. The van der Waals surface area contributed by atoms with E-state index in [0.717, 1.165) is 31.4 Å². The smallest absolute Gasteiger partial charge is 0.406 e. The Balaban J connectivity index is 1.59. The second kappa shape index (κ2) is 7.42. The highest BCUT2D eigenvalue weighted by Crippen LogP contribution is 2.37. The standard InChI is InChI=1S/C21H20F3N3O2/c1-12(13-2-3-13)25-18-10-16(11-19(26-18)27-20(28)15-4-5-15)14-6-8-17(9-7-14)29-21(22,23)24/h6-11,13,15H,1-5H2,(H2,25,26,27,28). The number of alkyl halides is 3. The zero-order valence-corrected chi connectivity index (χ0v) is 15.6. The zero-order valence-electron chi connectivity index (χ0n) is 15.6. The Hall–Kier alpha value is -3.03. The van der Waals surface area contributed by atoms with Crippen molar-refractivity contribution < 1.29 is 22.7 Å². The number of allylic oxidation sites excluding steroid dienone is 1. The monoisotopic (exact) mass is 403 g/mol. The number of halogens is 3. The summed E-state index contributed by atoms with van der Waals surface area (Å²) in [5, 5.41) is 6.01. The van der Waals surface area contributed by atoms with Crippen molar-refractivity contribution in [3.63, 3.8) is 0 Å². The quantitative estimate of drug-likeness (QED) is 0.656. The highest BCUT2D eigenvalue weighted by Gasteiger charge is 2.31. The molecule has 5 nitrogen and oxygen atoms in total. The van der Waals surface area contributed by atoms with Crippen molar-refractivity contribution in [3.8, 4) is 16.9 Å². The third kappa shape index (κ3) is 5.28. The second-order valence-corrected chi connectivity index (χ2v) is 7.39. The summed E-state index contributed by atoms with van der Waals surface area (Å²) in [7, 11) is 0. The van der Waals surface area contributed by atoms with E-state index in [1.807, 2.05) is 0 Å². The van der Waals surface area contributed by atoms with Crippen LogP contribution in [0.4, 0.5) is 24.8 Å². The molecule has 2 fully saturated rings. The molecule has 0 atom stereocenters. The van der Waals surface area contributed by atoms with Gasteiger partial charge in [-0.25, -0.2) is 4.98 Å². The summed E-state index contributed by atoms with van der Waals surface area (Å²) in [6, 6.07) is 9.04. The number of nitrogens with zero attached hydrogens (tertiary/aromatic N) is 1. The lowest BCUT2D eigenvalue weighted by molar-refractivity contribution is -0.274. The molecule has 1 amide bonds. The van der Waals surface area contributed by atoms with Gasteiger partial charge in [0.25, 0.3) is 0 Å². The van der Waals surface area contributed by atoms with Crippen molar-refractivity contribution in [1.29, 1.82) is 0 Å². The molecule has 2 N–H and O–H groups in total. The van der Waals surface area contributed by atoms with Crippen molar-refractivity contribution in [2.24, 2.45) is 11.8 Å². The fourth-order valence-corrected chi connectivity index (χ4v) is 2.95. The number of hydrogen-bond donors (Lipinski definition) is 2. The van der Waals surface area contributed by atoms with E-state index in [-0.39, 0.29) is 17.6 Å². The number of aromatic nitrogens is 1. The van der Waals surface area contributed by atoms with Crippen LogP contribution in [0, 0.1) is 11.8 Å².